The molecule has 0 radical (unpaired) electrons. The van der Waals surface area contributed by atoms with Crippen molar-refractivity contribution in [1.82, 2.24) is 15.5 Å². The molecule has 1 fully saturated rings. The van der Waals surface area contributed by atoms with Gasteiger partial charge in [0.15, 0.2) is 5.78 Å². The van der Waals surface area contributed by atoms with E-state index in [9.17, 15) is 18.8 Å². The van der Waals surface area contributed by atoms with Crippen LogP contribution < -0.4 is 10.6 Å². The number of halogens is 1. The summed E-state index contributed by atoms with van der Waals surface area (Å²) < 4.78 is 25.2. The Morgan fingerprint density at radius 2 is 1.64 bits per heavy atom. The minimum atomic E-state index is -0.629. The van der Waals surface area contributed by atoms with Crippen molar-refractivity contribution >= 4 is 17.8 Å². The molecule has 0 aliphatic carbocycles. The Kier molecular flexibility index (Phi) is 10.6. The first kappa shape index (κ1) is 30.2. The van der Waals surface area contributed by atoms with Gasteiger partial charge >= 0.3 is 6.09 Å². The molecule has 2 amide bonds. The van der Waals surface area contributed by atoms with Crippen LogP contribution in [0.1, 0.15) is 48.2 Å². The van der Waals surface area contributed by atoms with Gasteiger partial charge in [-0.05, 0) is 44.9 Å². The van der Waals surface area contributed by atoms with Crippen LogP contribution in [0.3, 0.4) is 0 Å². The summed E-state index contributed by atoms with van der Waals surface area (Å²) in [5.41, 5.74) is 1.01. The Morgan fingerprint density at radius 3 is 2.31 bits per heavy atom. The van der Waals surface area contributed by atoms with Gasteiger partial charge in [-0.25, -0.2) is 9.18 Å². The summed E-state index contributed by atoms with van der Waals surface area (Å²) in [6.07, 6.45) is -0.568. The molecule has 2 aromatic rings. The molecule has 1 aliphatic heterocycles. The highest BCUT2D eigenvalue weighted by Gasteiger charge is 2.45. The van der Waals surface area contributed by atoms with Crippen molar-refractivity contribution in [2.24, 2.45) is 11.8 Å². The molecule has 1 heterocycles. The van der Waals surface area contributed by atoms with Gasteiger partial charge < -0.3 is 20.1 Å². The lowest BCUT2D eigenvalue weighted by molar-refractivity contribution is -0.128. The van der Waals surface area contributed by atoms with Gasteiger partial charge in [0.1, 0.15) is 11.4 Å². The fourth-order valence-corrected chi connectivity index (χ4v) is 5.06. The monoisotopic (exact) mass is 541 g/mol. The number of carbonyl (C=O) groups excluding carboxylic acids is 3. The standard InChI is InChI=1S/C30H40FN3O5/c1-20-22(12-9-13-25(20)31)26-23(27(35)21-10-7-6-8-11-21)18-34(16-17-38-5)19-24(26)28(36)32-14-15-33-29(37)39-30(2,3)4/h6-13,23-24,26H,14-19H2,1-5H3,(H,32,36)(H,33,37)/t23-,24+,26+/m0/s1. The summed E-state index contributed by atoms with van der Waals surface area (Å²) >= 11 is 0. The number of likely N-dealkylation sites (tertiary alicyclic amines) is 1. The molecule has 9 heteroatoms. The second-order valence-corrected chi connectivity index (χ2v) is 10.9. The SMILES string of the molecule is COCCN1C[C@H](C(=O)c2ccccc2)[C@@H](c2cccc(F)c2C)[C@H](C(=O)NCCNC(=O)OC(C)(C)C)C1. The molecule has 39 heavy (non-hydrogen) atoms. The third kappa shape index (κ3) is 8.34. The van der Waals surface area contributed by atoms with Gasteiger partial charge in [-0.1, -0.05) is 42.5 Å². The summed E-state index contributed by atoms with van der Waals surface area (Å²) in [5, 5.41) is 5.54. The van der Waals surface area contributed by atoms with Crippen LogP contribution >= 0.6 is 0 Å². The van der Waals surface area contributed by atoms with Gasteiger partial charge in [0.05, 0.1) is 12.5 Å². The second-order valence-electron chi connectivity index (χ2n) is 10.9. The summed E-state index contributed by atoms with van der Waals surface area (Å²) in [5.74, 6) is -2.46. The molecule has 0 spiro atoms. The fraction of sp³-hybridized carbons (Fsp3) is 0.500. The number of methoxy groups -OCH3 is 1. The van der Waals surface area contributed by atoms with Gasteiger partial charge in [-0.15, -0.1) is 0 Å². The van der Waals surface area contributed by atoms with Crippen LogP contribution in [0.25, 0.3) is 0 Å². The molecule has 1 saturated heterocycles. The zero-order valence-electron chi connectivity index (χ0n) is 23.5. The summed E-state index contributed by atoms with van der Waals surface area (Å²) in [6.45, 7) is 9.16. The third-order valence-electron chi connectivity index (χ3n) is 6.88. The molecule has 0 aromatic heterocycles. The molecule has 212 valence electrons. The van der Waals surface area contributed by atoms with Crippen molar-refractivity contribution in [2.75, 3.05) is 46.4 Å². The smallest absolute Gasteiger partial charge is 0.407 e. The Morgan fingerprint density at radius 1 is 0.974 bits per heavy atom. The van der Waals surface area contributed by atoms with Crippen LogP contribution in [-0.2, 0) is 14.3 Å². The molecule has 3 rings (SSSR count). The van der Waals surface area contributed by atoms with Crippen molar-refractivity contribution in [1.29, 1.82) is 0 Å². The average molecular weight is 542 g/mol. The molecule has 2 N–H and O–H groups in total. The zero-order valence-corrected chi connectivity index (χ0v) is 23.5. The van der Waals surface area contributed by atoms with Gasteiger partial charge in [-0.3, -0.25) is 14.5 Å². The summed E-state index contributed by atoms with van der Waals surface area (Å²) in [7, 11) is 1.61. The minimum Gasteiger partial charge on any atom is -0.444 e. The fourth-order valence-electron chi connectivity index (χ4n) is 5.06. The van der Waals surface area contributed by atoms with Crippen LogP contribution in [0.5, 0.6) is 0 Å². The Bertz CT molecular complexity index is 1140. The number of Topliss-reactive ketones (excluding diaryl/α,β-unsaturated/α-hetero) is 1. The quantitative estimate of drug-likeness (QED) is 0.350. The maximum atomic E-state index is 14.7. The van der Waals surface area contributed by atoms with Crippen LogP contribution in [0, 0.1) is 24.6 Å². The van der Waals surface area contributed by atoms with Gasteiger partial charge in [0.25, 0.3) is 0 Å². The highest BCUT2D eigenvalue weighted by atomic mass is 19.1. The molecule has 8 nitrogen and oxygen atoms in total. The van der Waals surface area contributed by atoms with E-state index in [1.807, 2.05) is 24.3 Å². The number of ketones is 1. The first-order valence-corrected chi connectivity index (χ1v) is 13.3. The van der Waals surface area contributed by atoms with E-state index in [0.29, 0.717) is 42.9 Å². The lowest BCUT2D eigenvalue weighted by Gasteiger charge is -2.43. The van der Waals surface area contributed by atoms with Crippen LogP contribution in [-0.4, -0.2) is 74.7 Å². The second kappa shape index (κ2) is 13.7. The topological polar surface area (TPSA) is 97.0 Å². The number of nitrogens with one attached hydrogen (secondary N) is 2. The Labute approximate surface area is 230 Å². The van der Waals surface area contributed by atoms with Gasteiger partial charge in [-0.2, -0.15) is 0 Å². The Hall–Kier alpha value is -3.30. The van der Waals surface area contributed by atoms with E-state index < -0.39 is 29.4 Å². The van der Waals surface area contributed by atoms with E-state index in [4.69, 9.17) is 9.47 Å². The van der Waals surface area contributed by atoms with Crippen molar-refractivity contribution in [2.45, 2.75) is 39.2 Å². The van der Waals surface area contributed by atoms with E-state index in [1.54, 1.807) is 53.0 Å². The maximum Gasteiger partial charge on any atom is 0.407 e. The number of alkyl carbamates (subject to hydrolysis) is 1. The Balaban J connectivity index is 1.89. The van der Waals surface area contributed by atoms with E-state index >= 15 is 0 Å². The largest absolute Gasteiger partial charge is 0.444 e. The van der Waals surface area contributed by atoms with Crippen molar-refractivity contribution in [3.05, 3.63) is 71.0 Å². The van der Waals surface area contributed by atoms with Crippen molar-refractivity contribution in [3.63, 3.8) is 0 Å². The number of hydrogen-bond donors (Lipinski definition) is 2. The van der Waals surface area contributed by atoms with E-state index in [2.05, 4.69) is 15.5 Å². The average Bonchev–Trinajstić information content (AvgIpc) is 2.90. The number of carbonyl (C=O) groups is 3. The molecular weight excluding hydrogens is 501 g/mol. The molecule has 3 atom stereocenters. The number of hydrogen-bond acceptors (Lipinski definition) is 6. The summed E-state index contributed by atoms with van der Waals surface area (Å²) in [4.78, 5) is 41.6. The van der Waals surface area contributed by atoms with Crippen molar-refractivity contribution in [3.8, 4) is 0 Å². The molecule has 0 unspecified atom stereocenters. The van der Waals surface area contributed by atoms with Gasteiger partial charge in [0.2, 0.25) is 5.91 Å². The number of benzene rings is 2. The molecule has 0 bridgehead atoms. The minimum absolute atomic E-state index is 0.0872. The number of nitrogens with zero attached hydrogens (tertiary/aromatic N) is 1. The first-order chi connectivity index (χ1) is 18.5. The molecular formula is C30H40FN3O5. The third-order valence-corrected chi connectivity index (χ3v) is 6.88. The van der Waals surface area contributed by atoms with Crippen LogP contribution in [0.2, 0.25) is 0 Å². The normalized spacial score (nSPS) is 19.8. The predicted molar refractivity (Wildman–Crippen MR) is 147 cm³/mol. The van der Waals surface area contributed by atoms with E-state index in [1.165, 1.54) is 6.07 Å². The molecule has 2 aromatic carbocycles. The molecule has 0 saturated carbocycles. The summed E-state index contributed by atoms with van der Waals surface area (Å²) in [6, 6.07) is 13.8. The lowest BCUT2D eigenvalue weighted by atomic mass is 9.69. The number of rotatable bonds is 10. The number of amides is 2. The van der Waals surface area contributed by atoms with E-state index in [-0.39, 0.29) is 30.6 Å². The number of ether oxygens (including phenoxy) is 2. The zero-order chi connectivity index (χ0) is 28.6. The predicted octanol–water partition coefficient (Wildman–Crippen LogP) is 3.94. The maximum absolute atomic E-state index is 14.7. The van der Waals surface area contributed by atoms with Crippen molar-refractivity contribution < 1.29 is 28.2 Å². The first-order valence-electron chi connectivity index (χ1n) is 13.3. The highest BCUT2D eigenvalue weighted by molar-refractivity contribution is 5.99. The van der Waals surface area contributed by atoms with E-state index in [0.717, 1.165) is 0 Å². The highest BCUT2D eigenvalue weighted by Crippen LogP contribution is 2.41. The number of piperidine rings is 1. The van der Waals surface area contributed by atoms with Crippen LogP contribution in [0.15, 0.2) is 48.5 Å². The lowest BCUT2D eigenvalue weighted by Crippen LogP contribution is -2.53. The molecule has 1 aliphatic rings. The van der Waals surface area contributed by atoms with Gasteiger partial charge in [0, 0.05) is 57.2 Å². The van der Waals surface area contributed by atoms with Crippen LogP contribution in [0.4, 0.5) is 9.18 Å².